The predicted octanol–water partition coefficient (Wildman–Crippen LogP) is 4.65. The highest BCUT2D eigenvalue weighted by Gasteiger charge is 2.40. The highest BCUT2D eigenvalue weighted by atomic mass is 32.2. The molecule has 0 radical (unpaired) electrons. The molecule has 33 heavy (non-hydrogen) atoms. The van der Waals surface area contributed by atoms with E-state index in [2.05, 4.69) is 29.0 Å². The fourth-order valence-corrected chi connectivity index (χ4v) is 4.29. The van der Waals surface area contributed by atoms with E-state index < -0.39 is 17.2 Å². The Hall–Kier alpha value is -2.55. The van der Waals surface area contributed by atoms with Gasteiger partial charge in [-0.25, -0.2) is 4.79 Å². The van der Waals surface area contributed by atoms with E-state index in [1.807, 2.05) is 13.8 Å². The number of carbonyl (C=O) groups excluding carboxylic acids is 1. The van der Waals surface area contributed by atoms with E-state index in [-0.39, 0.29) is 12.5 Å². The number of thioether (sulfide) groups is 1. The van der Waals surface area contributed by atoms with Gasteiger partial charge in [0.2, 0.25) is 5.91 Å². The van der Waals surface area contributed by atoms with Gasteiger partial charge in [-0.1, -0.05) is 50.9 Å². The average molecular weight is 478 g/mol. The number of rotatable bonds is 14. The number of nitrogens with zero attached hydrogens (tertiary/aromatic N) is 2. The summed E-state index contributed by atoms with van der Waals surface area (Å²) in [7, 11) is 0. The summed E-state index contributed by atoms with van der Waals surface area (Å²) in [4.78, 5) is 35.2. The van der Waals surface area contributed by atoms with Gasteiger partial charge in [-0.15, -0.1) is 11.8 Å². The van der Waals surface area contributed by atoms with Gasteiger partial charge >= 0.3 is 5.63 Å². The third-order valence-corrected chi connectivity index (χ3v) is 6.40. The largest absolute Gasteiger partial charge is 0.489 e. The smallest absolute Gasteiger partial charge is 0.339 e. The maximum Gasteiger partial charge on any atom is 0.339 e. The van der Waals surface area contributed by atoms with Crippen LogP contribution in [0.4, 0.5) is 0 Å². The van der Waals surface area contributed by atoms with Crippen LogP contribution in [-0.4, -0.2) is 41.2 Å². The summed E-state index contributed by atoms with van der Waals surface area (Å²) < 4.78 is 10.9. The number of ether oxygens (including phenoxy) is 1. The lowest BCUT2D eigenvalue weighted by atomic mass is 10.0. The van der Waals surface area contributed by atoms with Gasteiger partial charge in [-0.05, 0) is 26.7 Å². The van der Waals surface area contributed by atoms with Crippen LogP contribution in [0.1, 0.15) is 71.6 Å². The van der Waals surface area contributed by atoms with E-state index in [1.54, 1.807) is 19.1 Å². The van der Waals surface area contributed by atoms with Gasteiger partial charge in [-0.3, -0.25) is 9.79 Å². The molecule has 0 unspecified atom stereocenters. The quantitative estimate of drug-likeness (QED) is 0.181. The Bertz CT molecular complexity index is 927. The fraction of sp³-hybridized carbons (Fsp3) is 0.583. The first-order valence-electron chi connectivity index (χ1n) is 11.4. The molecule has 0 spiro atoms. The van der Waals surface area contributed by atoms with E-state index in [9.17, 15) is 9.59 Å². The van der Waals surface area contributed by atoms with Crippen molar-refractivity contribution >= 4 is 28.4 Å². The molecule has 9 heteroatoms. The number of hydrogen-bond acceptors (Lipinski definition) is 8. The van der Waals surface area contributed by atoms with Crippen LogP contribution in [0.5, 0.6) is 5.75 Å². The zero-order valence-electron chi connectivity index (χ0n) is 20.0. The third-order valence-electron chi connectivity index (χ3n) is 5.03. The third kappa shape index (κ3) is 8.07. The van der Waals surface area contributed by atoms with E-state index in [4.69, 9.17) is 14.0 Å². The van der Waals surface area contributed by atoms with Gasteiger partial charge < -0.3 is 19.3 Å². The van der Waals surface area contributed by atoms with Crippen molar-refractivity contribution in [2.75, 3.05) is 19.0 Å². The minimum Gasteiger partial charge on any atom is -0.489 e. The van der Waals surface area contributed by atoms with Crippen molar-refractivity contribution in [3.05, 3.63) is 41.0 Å². The van der Waals surface area contributed by atoms with Gasteiger partial charge in [0.25, 0.3) is 0 Å². The van der Waals surface area contributed by atoms with Crippen LogP contribution in [0.2, 0.25) is 0 Å². The Labute approximate surface area is 199 Å². The fourth-order valence-electron chi connectivity index (χ4n) is 3.17. The molecule has 1 N–H and O–H groups in total. The zero-order chi connectivity index (χ0) is 24.3. The molecule has 0 saturated heterocycles. The SMILES string of the molecule is C=CCOc1cc([C@@H](CCC)NC(=O)[C@]2(C)CSC(/C(C)=N/OCCCCC)=N2)oc(=O)c1. The van der Waals surface area contributed by atoms with E-state index in [1.165, 1.54) is 17.8 Å². The lowest BCUT2D eigenvalue weighted by Gasteiger charge is -2.24. The molecule has 1 aliphatic heterocycles. The molecule has 2 heterocycles. The van der Waals surface area contributed by atoms with Gasteiger partial charge in [0, 0.05) is 11.8 Å². The minimum absolute atomic E-state index is 0.236. The number of unbranched alkanes of at least 4 members (excludes halogenated alkanes) is 2. The molecule has 0 fully saturated rings. The highest BCUT2D eigenvalue weighted by Crippen LogP contribution is 2.30. The highest BCUT2D eigenvalue weighted by molar-refractivity contribution is 8.16. The van der Waals surface area contributed by atoms with Crippen LogP contribution in [0.3, 0.4) is 0 Å². The maximum absolute atomic E-state index is 13.2. The predicted molar refractivity (Wildman–Crippen MR) is 133 cm³/mol. The Kier molecular flexibility index (Phi) is 10.7. The Morgan fingerprint density at radius 3 is 2.88 bits per heavy atom. The van der Waals surface area contributed by atoms with Crippen LogP contribution in [0.15, 0.2) is 44.1 Å². The first kappa shape index (κ1) is 26.7. The number of nitrogens with one attached hydrogen (secondary N) is 1. The molecule has 0 saturated carbocycles. The number of amides is 1. The number of hydrogen-bond donors (Lipinski definition) is 1. The molecule has 1 aromatic rings. The van der Waals surface area contributed by atoms with Crippen molar-refractivity contribution < 1.29 is 18.8 Å². The Morgan fingerprint density at radius 1 is 1.39 bits per heavy atom. The van der Waals surface area contributed by atoms with Crippen molar-refractivity contribution in [1.82, 2.24) is 5.32 Å². The van der Waals surface area contributed by atoms with Crippen molar-refractivity contribution in [2.24, 2.45) is 10.1 Å². The van der Waals surface area contributed by atoms with Gasteiger partial charge in [-0.2, -0.15) is 0 Å². The van der Waals surface area contributed by atoms with Crippen molar-refractivity contribution in [3.8, 4) is 5.75 Å². The summed E-state index contributed by atoms with van der Waals surface area (Å²) in [6, 6.07) is 2.44. The van der Waals surface area contributed by atoms with Crippen LogP contribution in [0.25, 0.3) is 0 Å². The molecule has 2 rings (SSSR count). The van der Waals surface area contributed by atoms with Crippen LogP contribution in [0, 0.1) is 0 Å². The molecule has 1 aliphatic rings. The summed E-state index contributed by atoms with van der Waals surface area (Å²) in [5.41, 5.74) is -0.825. The lowest BCUT2D eigenvalue weighted by Crippen LogP contribution is -2.45. The van der Waals surface area contributed by atoms with E-state index in [0.29, 0.717) is 41.0 Å². The number of carbonyl (C=O) groups is 1. The molecular formula is C24H35N3O5S. The van der Waals surface area contributed by atoms with Gasteiger partial charge in [0.15, 0.2) is 0 Å². The summed E-state index contributed by atoms with van der Waals surface area (Å²) in [5.74, 6) is 0.987. The van der Waals surface area contributed by atoms with Crippen molar-refractivity contribution in [2.45, 2.75) is 71.4 Å². The molecule has 8 nitrogen and oxygen atoms in total. The van der Waals surface area contributed by atoms with E-state index >= 15 is 0 Å². The normalized spacial score (nSPS) is 19.0. The van der Waals surface area contributed by atoms with Gasteiger partial charge in [0.05, 0.1) is 12.1 Å². The summed E-state index contributed by atoms with van der Waals surface area (Å²) in [6.07, 6.45) is 6.16. The van der Waals surface area contributed by atoms with Gasteiger partial charge in [0.1, 0.15) is 41.0 Å². The number of aliphatic imine (C=N–C) groups is 1. The second-order valence-electron chi connectivity index (χ2n) is 8.13. The molecule has 182 valence electrons. The second-order valence-corrected chi connectivity index (χ2v) is 9.09. The Balaban J connectivity index is 2.12. The second kappa shape index (κ2) is 13.2. The molecule has 2 atom stereocenters. The summed E-state index contributed by atoms with van der Waals surface area (Å²) >= 11 is 1.48. The van der Waals surface area contributed by atoms with Crippen LogP contribution in [-0.2, 0) is 9.63 Å². The Morgan fingerprint density at radius 2 is 2.18 bits per heavy atom. The van der Waals surface area contributed by atoms with Crippen molar-refractivity contribution in [3.63, 3.8) is 0 Å². The topological polar surface area (TPSA) is 102 Å². The van der Waals surface area contributed by atoms with Crippen LogP contribution >= 0.6 is 11.8 Å². The molecule has 0 bridgehead atoms. The van der Waals surface area contributed by atoms with Crippen LogP contribution < -0.4 is 15.7 Å². The standard InChI is InChI=1S/C24H35N3O5S/c1-6-9-10-13-31-27-17(4)22-26-24(5,16-33-22)23(29)25-19(11-7-2)20-14-18(30-12-8-3)15-21(28)32-20/h8,14-15,19H,3,6-7,9-13,16H2,1-2,4-5H3,(H,25,29)/b27-17+/t19-,24+/m1/s1. The molecule has 1 amide bonds. The first-order chi connectivity index (χ1) is 15.8. The van der Waals surface area contributed by atoms with Crippen molar-refractivity contribution in [1.29, 1.82) is 0 Å². The molecular weight excluding hydrogens is 442 g/mol. The maximum atomic E-state index is 13.2. The molecule has 1 aromatic heterocycles. The minimum atomic E-state index is -0.956. The lowest BCUT2D eigenvalue weighted by molar-refractivity contribution is -0.125. The molecule has 0 aliphatic carbocycles. The summed E-state index contributed by atoms with van der Waals surface area (Å²) in [5, 5.41) is 7.86. The molecule has 0 aromatic carbocycles. The summed E-state index contributed by atoms with van der Waals surface area (Å²) in [6.45, 7) is 12.2. The first-order valence-corrected chi connectivity index (χ1v) is 12.4. The monoisotopic (exact) mass is 477 g/mol. The number of oxime groups is 1. The zero-order valence-corrected chi connectivity index (χ0v) is 20.8. The average Bonchev–Trinajstić information content (AvgIpc) is 3.20. The van der Waals surface area contributed by atoms with E-state index in [0.717, 1.165) is 25.7 Å².